The van der Waals surface area contributed by atoms with Crippen molar-refractivity contribution < 1.29 is 9.53 Å². The van der Waals surface area contributed by atoms with Crippen LogP contribution in [0.3, 0.4) is 0 Å². The average Bonchev–Trinajstić information content (AvgIpc) is 2.96. The monoisotopic (exact) mass is 419 g/mol. The average molecular weight is 420 g/mol. The number of benzene rings is 1. The Balaban J connectivity index is 1.50. The number of hydrogen-bond donors (Lipinski definition) is 1. The van der Waals surface area contributed by atoms with Gasteiger partial charge in [-0.05, 0) is 45.6 Å². The van der Waals surface area contributed by atoms with Crippen LogP contribution in [0.25, 0.3) is 11.4 Å². The fourth-order valence-corrected chi connectivity index (χ4v) is 4.13. The molecule has 0 radical (unpaired) electrons. The lowest BCUT2D eigenvalue weighted by Gasteiger charge is -2.14. The van der Waals surface area contributed by atoms with Gasteiger partial charge in [0.2, 0.25) is 11.8 Å². The van der Waals surface area contributed by atoms with Crippen molar-refractivity contribution in [2.75, 3.05) is 6.61 Å². The molecule has 1 amide bonds. The molecule has 1 aliphatic rings. The van der Waals surface area contributed by atoms with Crippen LogP contribution in [0.1, 0.15) is 42.4 Å². The van der Waals surface area contributed by atoms with E-state index in [-0.39, 0.29) is 11.8 Å². The van der Waals surface area contributed by atoms with Crippen LogP contribution < -0.4 is 10.1 Å². The first-order chi connectivity index (χ1) is 15.0. The predicted octanol–water partition coefficient (Wildman–Crippen LogP) is 3.40. The second-order valence-corrected chi connectivity index (χ2v) is 7.97. The lowest BCUT2D eigenvalue weighted by atomic mass is 9.99. The standard InChI is InChI=1S/C24H29N5O2/c1-4-31-24-20-12-10-18(23(30)25-15-19-14-16(2)28-29(19)3)11-13-21(20)26-22(27-24)17-8-6-5-7-9-17/h5-9,14,18H,4,10-13,15H2,1-3H3,(H,25,30). The molecule has 0 fully saturated rings. The van der Waals surface area contributed by atoms with Crippen molar-refractivity contribution in [1.29, 1.82) is 0 Å². The van der Waals surface area contributed by atoms with Crippen molar-refractivity contribution in [3.8, 4) is 17.3 Å². The number of nitrogens with zero attached hydrogens (tertiary/aromatic N) is 4. The van der Waals surface area contributed by atoms with Crippen LogP contribution in [0.15, 0.2) is 36.4 Å². The molecule has 0 saturated heterocycles. The van der Waals surface area contributed by atoms with E-state index >= 15 is 0 Å². The molecule has 1 atom stereocenters. The third kappa shape index (κ3) is 4.76. The van der Waals surface area contributed by atoms with E-state index < -0.39 is 0 Å². The largest absolute Gasteiger partial charge is 0.478 e. The van der Waals surface area contributed by atoms with Crippen molar-refractivity contribution in [2.45, 2.75) is 46.1 Å². The molecule has 1 unspecified atom stereocenters. The first-order valence-electron chi connectivity index (χ1n) is 10.9. The smallest absolute Gasteiger partial charge is 0.223 e. The highest BCUT2D eigenvalue weighted by Gasteiger charge is 2.26. The molecule has 1 aliphatic carbocycles. The van der Waals surface area contributed by atoms with Crippen LogP contribution in [0.4, 0.5) is 0 Å². The van der Waals surface area contributed by atoms with E-state index in [0.717, 1.165) is 53.9 Å². The molecular formula is C24H29N5O2. The van der Waals surface area contributed by atoms with Crippen molar-refractivity contribution in [2.24, 2.45) is 13.0 Å². The second-order valence-electron chi connectivity index (χ2n) is 7.97. The van der Waals surface area contributed by atoms with Gasteiger partial charge in [0.1, 0.15) is 0 Å². The number of aromatic nitrogens is 4. The molecule has 1 aromatic carbocycles. The number of fused-ring (bicyclic) bond motifs is 1. The molecule has 0 bridgehead atoms. The summed E-state index contributed by atoms with van der Waals surface area (Å²) in [5.74, 6) is 1.36. The zero-order valence-electron chi connectivity index (χ0n) is 18.4. The molecule has 1 N–H and O–H groups in total. The summed E-state index contributed by atoms with van der Waals surface area (Å²) in [5.41, 5.74) is 4.96. The van der Waals surface area contributed by atoms with Gasteiger partial charge in [0.15, 0.2) is 5.82 Å². The van der Waals surface area contributed by atoms with E-state index in [2.05, 4.69) is 10.4 Å². The van der Waals surface area contributed by atoms with E-state index in [1.165, 1.54) is 0 Å². The first-order valence-corrected chi connectivity index (χ1v) is 10.9. The van der Waals surface area contributed by atoms with E-state index in [0.29, 0.717) is 24.9 Å². The van der Waals surface area contributed by atoms with Gasteiger partial charge in [-0.15, -0.1) is 0 Å². The Labute approximate surface area is 182 Å². The van der Waals surface area contributed by atoms with Gasteiger partial charge in [-0.2, -0.15) is 10.1 Å². The Morgan fingerprint density at radius 2 is 1.97 bits per heavy atom. The number of hydrogen-bond acceptors (Lipinski definition) is 5. The molecule has 162 valence electrons. The first kappa shape index (κ1) is 21.0. The van der Waals surface area contributed by atoms with Gasteiger partial charge in [0.25, 0.3) is 0 Å². The molecule has 4 rings (SSSR count). The van der Waals surface area contributed by atoms with Crippen LogP contribution in [0.2, 0.25) is 0 Å². The van der Waals surface area contributed by atoms with Crippen LogP contribution in [-0.2, 0) is 31.2 Å². The van der Waals surface area contributed by atoms with Gasteiger partial charge >= 0.3 is 0 Å². The summed E-state index contributed by atoms with van der Waals surface area (Å²) in [6, 6.07) is 11.9. The number of carbonyl (C=O) groups is 1. The van der Waals surface area contributed by atoms with E-state index in [1.54, 1.807) is 0 Å². The van der Waals surface area contributed by atoms with Gasteiger partial charge in [0, 0.05) is 24.1 Å². The van der Waals surface area contributed by atoms with Crippen LogP contribution in [0, 0.1) is 12.8 Å². The van der Waals surface area contributed by atoms with Crippen LogP contribution in [-0.4, -0.2) is 32.3 Å². The number of amides is 1. The lowest BCUT2D eigenvalue weighted by molar-refractivity contribution is -0.125. The van der Waals surface area contributed by atoms with Crippen molar-refractivity contribution in [3.63, 3.8) is 0 Å². The third-order valence-electron chi connectivity index (χ3n) is 5.75. The van der Waals surface area contributed by atoms with Crippen LogP contribution in [0.5, 0.6) is 5.88 Å². The van der Waals surface area contributed by atoms with Gasteiger partial charge in [-0.1, -0.05) is 30.3 Å². The summed E-state index contributed by atoms with van der Waals surface area (Å²) in [7, 11) is 1.90. The zero-order chi connectivity index (χ0) is 21.8. The Bertz CT molecular complexity index is 1060. The van der Waals surface area contributed by atoms with Crippen LogP contribution >= 0.6 is 0 Å². The minimum atomic E-state index is -0.0572. The highest BCUT2D eigenvalue weighted by atomic mass is 16.5. The zero-order valence-corrected chi connectivity index (χ0v) is 18.4. The molecule has 0 saturated carbocycles. The van der Waals surface area contributed by atoms with Crippen molar-refractivity contribution in [1.82, 2.24) is 25.1 Å². The summed E-state index contributed by atoms with van der Waals surface area (Å²) < 4.78 is 7.69. The summed E-state index contributed by atoms with van der Waals surface area (Å²) in [6.07, 6.45) is 3.00. The Morgan fingerprint density at radius 1 is 1.19 bits per heavy atom. The Morgan fingerprint density at radius 3 is 2.68 bits per heavy atom. The van der Waals surface area contributed by atoms with E-state index in [9.17, 15) is 4.79 Å². The fraction of sp³-hybridized carbons (Fsp3) is 0.417. The number of ether oxygens (including phenoxy) is 1. The molecule has 3 aromatic rings. The topological polar surface area (TPSA) is 81.9 Å². The maximum absolute atomic E-state index is 12.9. The number of rotatable bonds is 6. The SMILES string of the molecule is CCOc1nc(-c2ccccc2)nc2c1CCC(C(=O)NCc1cc(C)nn1C)CC2. The third-order valence-corrected chi connectivity index (χ3v) is 5.75. The number of aryl methyl sites for hydroxylation is 3. The fourth-order valence-electron chi connectivity index (χ4n) is 4.13. The lowest BCUT2D eigenvalue weighted by Crippen LogP contribution is -2.31. The molecule has 0 spiro atoms. The van der Waals surface area contributed by atoms with Crippen molar-refractivity contribution in [3.05, 3.63) is 59.0 Å². The summed E-state index contributed by atoms with van der Waals surface area (Å²) >= 11 is 0. The van der Waals surface area contributed by atoms with Crippen molar-refractivity contribution >= 4 is 5.91 Å². The number of nitrogens with one attached hydrogen (secondary N) is 1. The van der Waals surface area contributed by atoms with Gasteiger partial charge < -0.3 is 10.1 Å². The van der Waals surface area contributed by atoms with E-state index in [1.807, 2.05) is 62.0 Å². The molecule has 31 heavy (non-hydrogen) atoms. The maximum Gasteiger partial charge on any atom is 0.223 e. The molecule has 7 heteroatoms. The highest BCUT2D eigenvalue weighted by Crippen LogP contribution is 2.31. The Hall–Kier alpha value is -3.22. The summed E-state index contributed by atoms with van der Waals surface area (Å²) in [6.45, 7) is 4.95. The summed E-state index contributed by atoms with van der Waals surface area (Å²) in [5, 5.41) is 7.43. The quantitative estimate of drug-likeness (QED) is 0.620. The molecule has 7 nitrogen and oxygen atoms in total. The number of carbonyl (C=O) groups excluding carboxylic acids is 1. The second kappa shape index (κ2) is 9.29. The minimum absolute atomic E-state index is 0.0572. The maximum atomic E-state index is 12.9. The van der Waals surface area contributed by atoms with E-state index in [4.69, 9.17) is 14.7 Å². The Kier molecular flexibility index (Phi) is 6.30. The minimum Gasteiger partial charge on any atom is -0.478 e. The summed E-state index contributed by atoms with van der Waals surface area (Å²) in [4.78, 5) is 22.4. The molecule has 2 heterocycles. The van der Waals surface area contributed by atoms with Gasteiger partial charge in [0.05, 0.1) is 30.2 Å². The van der Waals surface area contributed by atoms with Gasteiger partial charge in [-0.3, -0.25) is 9.48 Å². The molecular weight excluding hydrogens is 390 g/mol. The van der Waals surface area contributed by atoms with Gasteiger partial charge in [-0.25, -0.2) is 4.98 Å². The molecule has 2 aromatic heterocycles. The molecule has 0 aliphatic heterocycles. The highest BCUT2D eigenvalue weighted by molar-refractivity contribution is 5.78. The normalized spacial score (nSPS) is 15.8. The predicted molar refractivity (Wildman–Crippen MR) is 119 cm³/mol.